The van der Waals surface area contributed by atoms with Gasteiger partial charge in [0.1, 0.15) is 0 Å². The van der Waals surface area contributed by atoms with Crippen molar-refractivity contribution in [3.63, 3.8) is 0 Å². The van der Waals surface area contributed by atoms with Gasteiger partial charge in [-0.05, 0) is 46.9 Å². The largest absolute Gasteiger partial charge is 0.117 e. The fourth-order valence-electron chi connectivity index (χ4n) is 2.78. The maximum atomic E-state index is 6.74. The molecular weight excluding hydrogens is 299 g/mol. The van der Waals surface area contributed by atoms with Gasteiger partial charge >= 0.3 is 0 Å². The highest BCUT2D eigenvalue weighted by molar-refractivity contribution is 6.31. The van der Waals surface area contributed by atoms with E-state index in [9.17, 15) is 0 Å². The van der Waals surface area contributed by atoms with E-state index in [1.165, 1.54) is 21.9 Å². The molecule has 0 saturated heterocycles. The predicted molar refractivity (Wildman–Crippen MR) is 92.4 cm³/mol. The average molecular weight is 315 g/mol. The smallest absolute Gasteiger partial charge is 0.0634 e. The Bertz CT molecular complexity index is 777. The molecule has 0 aliphatic rings. The number of rotatable bonds is 3. The highest BCUT2D eigenvalue weighted by Gasteiger charge is 2.16. The number of alkyl halides is 1. The predicted octanol–water partition coefficient (Wildman–Crippen LogP) is 6.32. The van der Waals surface area contributed by atoms with E-state index in [4.69, 9.17) is 23.2 Å². The van der Waals surface area contributed by atoms with E-state index >= 15 is 0 Å². The van der Waals surface area contributed by atoms with Crippen LogP contribution < -0.4 is 0 Å². The van der Waals surface area contributed by atoms with E-state index in [-0.39, 0.29) is 5.38 Å². The molecule has 0 bridgehead atoms. The van der Waals surface area contributed by atoms with Crippen molar-refractivity contribution >= 4 is 34.0 Å². The molecule has 0 fully saturated rings. The zero-order chi connectivity index (χ0) is 14.8. The Hall–Kier alpha value is -1.50. The zero-order valence-corrected chi connectivity index (χ0v) is 13.3. The Labute approximate surface area is 135 Å². The van der Waals surface area contributed by atoms with Crippen molar-refractivity contribution in [1.82, 2.24) is 0 Å². The Kier molecular flexibility index (Phi) is 4.19. The van der Waals surface area contributed by atoms with E-state index < -0.39 is 0 Å². The second-order valence-electron chi connectivity index (χ2n) is 5.28. The summed E-state index contributed by atoms with van der Waals surface area (Å²) in [6, 6.07) is 20.6. The molecule has 21 heavy (non-hydrogen) atoms. The molecule has 3 rings (SSSR count). The molecule has 106 valence electrons. The lowest BCUT2D eigenvalue weighted by atomic mass is 9.94. The Morgan fingerprint density at radius 3 is 2.43 bits per heavy atom. The molecule has 1 atom stereocenters. The first kappa shape index (κ1) is 14.4. The third-order valence-electron chi connectivity index (χ3n) is 3.86. The van der Waals surface area contributed by atoms with Crippen LogP contribution in [-0.2, 0) is 6.42 Å². The zero-order valence-electron chi connectivity index (χ0n) is 11.8. The molecule has 0 spiro atoms. The molecule has 2 heteroatoms. The first-order valence-corrected chi connectivity index (χ1v) is 7.84. The van der Waals surface area contributed by atoms with Crippen molar-refractivity contribution in [3.8, 4) is 0 Å². The normalized spacial score (nSPS) is 12.5. The van der Waals surface area contributed by atoms with E-state index in [2.05, 4.69) is 43.3 Å². The van der Waals surface area contributed by atoms with Crippen molar-refractivity contribution in [2.75, 3.05) is 0 Å². The summed E-state index contributed by atoms with van der Waals surface area (Å²) in [5.41, 5.74) is 3.52. The molecule has 0 aliphatic heterocycles. The van der Waals surface area contributed by atoms with Crippen LogP contribution in [0.1, 0.15) is 22.1 Å². The lowest BCUT2D eigenvalue weighted by molar-refractivity contribution is 0.919. The molecule has 0 aliphatic carbocycles. The molecule has 0 nitrogen and oxygen atoms in total. The maximum Gasteiger partial charge on any atom is 0.0634 e. The Morgan fingerprint density at radius 2 is 1.62 bits per heavy atom. The van der Waals surface area contributed by atoms with Crippen molar-refractivity contribution in [1.29, 1.82) is 0 Å². The van der Waals surface area contributed by atoms with Crippen LogP contribution >= 0.6 is 23.2 Å². The average Bonchev–Trinajstić information content (AvgIpc) is 2.49. The number of aryl methyl sites for hydroxylation is 1. The fourth-order valence-corrected chi connectivity index (χ4v) is 3.45. The Balaban J connectivity index is 2.04. The van der Waals surface area contributed by atoms with E-state index in [0.717, 1.165) is 17.0 Å². The van der Waals surface area contributed by atoms with Gasteiger partial charge in [0.05, 0.1) is 5.38 Å². The first-order valence-electron chi connectivity index (χ1n) is 7.02. The van der Waals surface area contributed by atoms with Crippen LogP contribution in [-0.4, -0.2) is 0 Å². The van der Waals surface area contributed by atoms with Crippen molar-refractivity contribution in [2.45, 2.75) is 18.7 Å². The van der Waals surface area contributed by atoms with Crippen LogP contribution in [0, 0.1) is 6.92 Å². The van der Waals surface area contributed by atoms with E-state index in [0.29, 0.717) is 0 Å². The van der Waals surface area contributed by atoms with Gasteiger partial charge in [-0.15, -0.1) is 11.6 Å². The molecule has 0 amide bonds. The van der Waals surface area contributed by atoms with Gasteiger partial charge in [0, 0.05) is 5.02 Å². The molecule has 1 unspecified atom stereocenters. The monoisotopic (exact) mass is 314 g/mol. The third kappa shape index (κ3) is 2.92. The molecule has 0 saturated carbocycles. The molecule has 0 radical (unpaired) electrons. The minimum Gasteiger partial charge on any atom is -0.117 e. The summed E-state index contributed by atoms with van der Waals surface area (Å²) >= 11 is 13.0. The summed E-state index contributed by atoms with van der Waals surface area (Å²) in [5.74, 6) is 0. The van der Waals surface area contributed by atoms with Gasteiger partial charge in [-0.1, -0.05) is 66.2 Å². The minimum atomic E-state index is -0.0870. The van der Waals surface area contributed by atoms with Crippen LogP contribution in [0.25, 0.3) is 10.8 Å². The van der Waals surface area contributed by atoms with Crippen molar-refractivity contribution < 1.29 is 0 Å². The number of hydrogen-bond donors (Lipinski definition) is 0. The lowest BCUT2D eigenvalue weighted by Gasteiger charge is -2.16. The van der Waals surface area contributed by atoms with Gasteiger partial charge in [0.2, 0.25) is 0 Å². The molecule has 3 aromatic carbocycles. The number of hydrogen-bond acceptors (Lipinski definition) is 0. The maximum absolute atomic E-state index is 6.74. The SMILES string of the molecule is Cc1ccc2ccccc2c1C(Cl)Cc1ccccc1Cl. The lowest BCUT2D eigenvalue weighted by Crippen LogP contribution is -2.00. The van der Waals surface area contributed by atoms with Gasteiger partial charge in [-0.3, -0.25) is 0 Å². The van der Waals surface area contributed by atoms with Crippen LogP contribution in [0.5, 0.6) is 0 Å². The number of benzene rings is 3. The van der Waals surface area contributed by atoms with E-state index in [1.807, 2.05) is 24.3 Å². The first-order chi connectivity index (χ1) is 10.2. The summed E-state index contributed by atoms with van der Waals surface area (Å²) < 4.78 is 0. The minimum absolute atomic E-state index is 0.0870. The summed E-state index contributed by atoms with van der Waals surface area (Å²) in [6.07, 6.45) is 0.732. The number of halogens is 2. The highest BCUT2D eigenvalue weighted by atomic mass is 35.5. The standard InChI is InChI=1S/C19H16Cl2/c1-13-10-11-14-6-2-4-8-16(14)19(13)18(21)12-15-7-3-5-9-17(15)20/h2-11,18H,12H2,1H3. The summed E-state index contributed by atoms with van der Waals surface area (Å²) in [4.78, 5) is 0. The van der Waals surface area contributed by atoms with Crippen molar-refractivity contribution in [2.24, 2.45) is 0 Å². The second-order valence-corrected chi connectivity index (χ2v) is 6.21. The highest BCUT2D eigenvalue weighted by Crippen LogP contribution is 2.35. The molecule has 0 heterocycles. The quantitative estimate of drug-likeness (QED) is 0.496. The van der Waals surface area contributed by atoms with Crippen molar-refractivity contribution in [3.05, 3.63) is 82.4 Å². The van der Waals surface area contributed by atoms with E-state index in [1.54, 1.807) is 0 Å². The van der Waals surface area contributed by atoms with Crippen LogP contribution in [0.2, 0.25) is 5.02 Å². The molecule has 3 aromatic rings. The summed E-state index contributed by atoms with van der Waals surface area (Å²) in [5, 5.41) is 3.14. The summed E-state index contributed by atoms with van der Waals surface area (Å²) in [7, 11) is 0. The summed E-state index contributed by atoms with van der Waals surface area (Å²) in [6.45, 7) is 2.11. The van der Waals surface area contributed by atoms with Gasteiger partial charge in [0.15, 0.2) is 0 Å². The third-order valence-corrected chi connectivity index (χ3v) is 4.60. The van der Waals surface area contributed by atoms with Gasteiger partial charge in [-0.2, -0.15) is 0 Å². The topological polar surface area (TPSA) is 0 Å². The van der Waals surface area contributed by atoms with Gasteiger partial charge in [-0.25, -0.2) is 0 Å². The fraction of sp³-hybridized carbons (Fsp3) is 0.158. The molecule has 0 N–H and O–H groups in total. The molecular formula is C19H16Cl2. The van der Waals surface area contributed by atoms with Gasteiger partial charge < -0.3 is 0 Å². The number of fused-ring (bicyclic) bond motifs is 1. The second kappa shape index (κ2) is 6.09. The van der Waals surface area contributed by atoms with Crippen LogP contribution in [0.4, 0.5) is 0 Å². The van der Waals surface area contributed by atoms with Crippen LogP contribution in [0.3, 0.4) is 0 Å². The Morgan fingerprint density at radius 1 is 0.905 bits per heavy atom. The molecule has 0 aromatic heterocycles. The van der Waals surface area contributed by atoms with Gasteiger partial charge in [0.25, 0.3) is 0 Å². The van der Waals surface area contributed by atoms with Crippen LogP contribution in [0.15, 0.2) is 60.7 Å².